The summed E-state index contributed by atoms with van der Waals surface area (Å²) in [6.45, 7) is 2.37. The van der Waals surface area contributed by atoms with Gasteiger partial charge >= 0.3 is 0 Å². The molecule has 0 aliphatic rings. The second-order valence-corrected chi connectivity index (χ2v) is 4.74. The fraction of sp³-hybridized carbons (Fsp3) is 0.357. The normalized spacial score (nSPS) is 9.50. The molecule has 0 fully saturated rings. The molecule has 1 aromatic carbocycles. The summed E-state index contributed by atoms with van der Waals surface area (Å²) >= 11 is 1.68. The lowest BCUT2D eigenvalue weighted by Crippen LogP contribution is -2.26. The average molecular weight is 263 g/mol. The highest BCUT2D eigenvalue weighted by Crippen LogP contribution is 2.10. The van der Waals surface area contributed by atoms with Gasteiger partial charge in [-0.1, -0.05) is 23.5 Å². The maximum atomic E-state index is 12.0. The van der Waals surface area contributed by atoms with Gasteiger partial charge in [0, 0.05) is 17.9 Å². The molecule has 18 heavy (non-hydrogen) atoms. The maximum absolute atomic E-state index is 12.0. The minimum absolute atomic E-state index is 0.116. The monoisotopic (exact) mass is 263 g/mol. The third-order valence-electron chi connectivity index (χ3n) is 2.31. The van der Waals surface area contributed by atoms with E-state index >= 15 is 0 Å². The number of rotatable bonds is 4. The summed E-state index contributed by atoms with van der Waals surface area (Å²) in [5.41, 5.74) is 2.23. The third kappa shape index (κ3) is 4.44. The van der Waals surface area contributed by atoms with Gasteiger partial charge in [-0.05, 0) is 25.3 Å². The Labute approximate surface area is 112 Å². The van der Waals surface area contributed by atoms with E-state index in [1.807, 2.05) is 31.4 Å². The molecule has 1 aromatic rings. The highest BCUT2D eigenvalue weighted by Gasteiger charge is 2.09. The topological polar surface area (TPSA) is 49.3 Å². The standard InChI is InChI=1S/C14H17NO2S/c1-11-5-6-12(4-3-8-16)13(10-11)14(17)15-7-9-18-2/h5-6,10,16H,7-9H2,1-2H3,(H,15,17). The summed E-state index contributed by atoms with van der Waals surface area (Å²) in [7, 11) is 0. The predicted molar refractivity (Wildman–Crippen MR) is 75.9 cm³/mol. The van der Waals surface area contributed by atoms with Crippen molar-refractivity contribution in [1.29, 1.82) is 0 Å². The SMILES string of the molecule is CSCCNC(=O)c1cc(C)ccc1C#CCO. The number of thioether (sulfide) groups is 1. The van der Waals surface area contributed by atoms with Crippen molar-refractivity contribution in [2.45, 2.75) is 6.92 Å². The van der Waals surface area contributed by atoms with E-state index in [-0.39, 0.29) is 12.5 Å². The highest BCUT2D eigenvalue weighted by atomic mass is 32.2. The summed E-state index contributed by atoms with van der Waals surface area (Å²) < 4.78 is 0. The van der Waals surface area contributed by atoms with Gasteiger partial charge in [0.25, 0.3) is 5.91 Å². The van der Waals surface area contributed by atoms with Gasteiger partial charge < -0.3 is 10.4 Å². The molecule has 1 rings (SSSR count). The molecular weight excluding hydrogens is 246 g/mol. The number of aliphatic hydroxyl groups is 1. The van der Waals surface area contributed by atoms with Gasteiger partial charge in [0.2, 0.25) is 0 Å². The Morgan fingerprint density at radius 3 is 2.94 bits per heavy atom. The molecule has 0 bridgehead atoms. The quantitative estimate of drug-likeness (QED) is 0.638. The van der Waals surface area contributed by atoms with Crippen molar-refractivity contribution < 1.29 is 9.90 Å². The van der Waals surface area contributed by atoms with E-state index in [4.69, 9.17) is 5.11 Å². The number of hydrogen-bond acceptors (Lipinski definition) is 3. The zero-order valence-corrected chi connectivity index (χ0v) is 11.4. The second kappa shape index (κ2) is 7.80. The van der Waals surface area contributed by atoms with Crippen LogP contribution in [-0.2, 0) is 0 Å². The van der Waals surface area contributed by atoms with Gasteiger partial charge in [-0.15, -0.1) is 0 Å². The first-order chi connectivity index (χ1) is 8.69. The lowest BCUT2D eigenvalue weighted by molar-refractivity contribution is 0.0956. The number of aliphatic hydroxyl groups excluding tert-OH is 1. The van der Waals surface area contributed by atoms with Crippen LogP contribution in [0.15, 0.2) is 18.2 Å². The van der Waals surface area contributed by atoms with Crippen molar-refractivity contribution in [1.82, 2.24) is 5.32 Å². The van der Waals surface area contributed by atoms with Crippen molar-refractivity contribution in [3.8, 4) is 11.8 Å². The molecule has 2 N–H and O–H groups in total. The van der Waals surface area contributed by atoms with Crippen molar-refractivity contribution in [2.75, 3.05) is 25.2 Å². The van der Waals surface area contributed by atoms with Crippen LogP contribution in [0.5, 0.6) is 0 Å². The molecule has 0 aromatic heterocycles. The van der Waals surface area contributed by atoms with Crippen LogP contribution in [0.1, 0.15) is 21.5 Å². The van der Waals surface area contributed by atoms with E-state index in [9.17, 15) is 4.79 Å². The fourth-order valence-corrected chi connectivity index (χ4v) is 1.76. The Morgan fingerprint density at radius 1 is 1.50 bits per heavy atom. The number of nitrogens with one attached hydrogen (secondary N) is 1. The van der Waals surface area contributed by atoms with Crippen molar-refractivity contribution in [3.63, 3.8) is 0 Å². The Bertz CT molecular complexity index is 474. The summed E-state index contributed by atoms with van der Waals surface area (Å²) in [6.07, 6.45) is 2.00. The number of aryl methyl sites for hydroxylation is 1. The minimum atomic E-state index is -0.207. The summed E-state index contributed by atoms with van der Waals surface area (Å²) in [5.74, 6) is 6.13. The van der Waals surface area contributed by atoms with Crippen LogP contribution in [0.3, 0.4) is 0 Å². The van der Waals surface area contributed by atoms with E-state index in [1.54, 1.807) is 11.8 Å². The molecule has 0 heterocycles. The Kier molecular flexibility index (Phi) is 6.34. The first-order valence-electron chi connectivity index (χ1n) is 5.66. The van der Waals surface area contributed by atoms with Crippen LogP contribution < -0.4 is 5.32 Å². The van der Waals surface area contributed by atoms with Crippen molar-refractivity contribution in [3.05, 3.63) is 34.9 Å². The smallest absolute Gasteiger partial charge is 0.252 e. The molecule has 0 aliphatic heterocycles. The summed E-state index contributed by atoms with van der Waals surface area (Å²) in [4.78, 5) is 12.0. The minimum Gasteiger partial charge on any atom is -0.384 e. The molecule has 0 spiro atoms. The zero-order valence-electron chi connectivity index (χ0n) is 10.6. The molecule has 0 radical (unpaired) electrons. The molecule has 0 unspecified atom stereocenters. The van der Waals surface area contributed by atoms with Gasteiger partial charge in [0.1, 0.15) is 6.61 Å². The third-order valence-corrected chi connectivity index (χ3v) is 2.93. The fourth-order valence-electron chi connectivity index (χ4n) is 1.45. The molecule has 0 saturated carbocycles. The molecule has 1 amide bonds. The van der Waals surface area contributed by atoms with Crippen molar-refractivity contribution >= 4 is 17.7 Å². The molecular formula is C14H17NO2S. The van der Waals surface area contributed by atoms with E-state index in [2.05, 4.69) is 17.2 Å². The number of carbonyl (C=O) groups excluding carboxylic acids is 1. The average Bonchev–Trinajstić information content (AvgIpc) is 2.37. The van der Waals surface area contributed by atoms with Crippen LogP contribution in [0.4, 0.5) is 0 Å². The molecule has 0 saturated heterocycles. The maximum Gasteiger partial charge on any atom is 0.252 e. The molecule has 96 valence electrons. The largest absolute Gasteiger partial charge is 0.384 e. The Morgan fingerprint density at radius 2 is 2.28 bits per heavy atom. The summed E-state index contributed by atoms with van der Waals surface area (Å²) in [5, 5.41) is 11.6. The number of amides is 1. The van der Waals surface area contributed by atoms with E-state index in [0.717, 1.165) is 11.3 Å². The molecule has 4 heteroatoms. The Balaban J connectivity index is 2.90. The lowest BCUT2D eigenvalue weighted by atomic mass is 10.0. The molecule has 0 aliphatic carbocycles. The van der Waals surface area contributed by atoms with Gasteiger partial charge in [0.05, 0.1) is 5.56 Å². The number of carbonyl (C=O) groups is 1. The zero-order chi connectivity index (χ0) is 13.4. The van der Waals surface area contributed by atoms with Crippen LogP contribution in [0.25, 0.3) is 0 Å². The molecule has 3 nitrogen and oxygen atoms in total. The van der Waals surface area contributed by atoms with Crippen LogP contribution in [0, 0.1) is 18.8 Å². The lowest BCUT2D eigenvalue weighted by Gasteiger charge is -2.07. The second-order valence-electron chi connectivity index (χ2n) is 3.76. The van der Waals surface area contributed by atoms with Crippen molar-refractivity contribution in [2.24, 2.45) is 0 Å². The van der Waals surface area contributed by atoms with Gasteiger partial charge in [-0.3, -0.25) is 4.79 Å². The Hall–Kier alpha value is -1.44. The van der Waals surface area contributed by atoms with Crippen LogP contribution in [-0.4, -0.2) is 36.2 Å². The van der Waals surface area contributed by atoms with Gasteiger partial charge in [-0.2, -0.15) is 11.8 Å². The highest BCUT2D eigenvalue weighted by molar-refractivity contribution is 7.98. The van der Waals surface area contributed by atoms with Crippen LogP contribution in [0.2, 0.25) is 0 Å². The van der Waals surface area contributed by atoms with Crippen LogP contribution >= 0.6 is 11.8 Å². The van der Waals surface area contributed by atoms with Gasteiger partial charge in [-0.25, -0.2) is 0 Å². The first-order valence-corrected chi connectivity index (χ1v) is 7.06. The van der Waals surface area contributed by atoms with Gasteiger partial charge in [0.15, 0.2) is 0 Å². The van der Waals surface area contributed by atoms with E-state index < -0.39 is 0 Å². The summed E-state index contributed by atoms with van der Waals surface area (Å²) in [6, 6.07) is 5.53. The molecule has 0 atom stereocenters. The number of benzene rings is 1. The number of hydrogen-bond donors (Lipinski definition) is 2. The van der Waals surface area contributed by atoms with E-state index in [0.29, 0.717) is 17.7 Å². The first kappa shape index (κ1) is 14.6. The predicted octanol–water partition coefficient (Wildman–Crippen LogP) is 1.43. The van der Waals surface area contributed by atoms with E-state index in [1.165, 1.54) is 0 Å².